The Morgan fingerprint density at radius 3 is 1.47 bits per heavy atom. The van der Waals surface area contributed by atoms with Crippen LogP contribution in [0.2, 0.25) is 0 Å². The summed E-state index contributed by atoms with van der Waals surface area (Å²) < 4.78 is 11.6. The molecule has 0 atom stereocenters. The Labute approximate surface area is 280 Å². The first kappa shape index (κ1) is 29.6. The molecule has 0 amide bonds. The zero-order valence-electron chi connectivity index (χ0n) is 24.7. The van der Waals surface area contributed by atoms with Gasteiger partial charge in [0.05, 0.1) is 23.3 Å². The Morgan fingerprint density at radius 2 is 1.06 bits per heavy atom. The Bertz CT molecular complexity index is 2440. The lowest BCUT2D eigenvalue weighted by molar-refractivity contribution is 0.586. The highest BCUT2D eigenvalue weighted by molar-refractivity contribution is 7.27. The van der Waals surface area contributed by atoms with E-state index in [-0.39, 0.29) is 11.8 Å². The number of hydrogen-bond acceptors (Lipinski definition) is 11. The number of allylic oxidation sites excluding steroid dienone is 2. The third-order valence-corrected chi connectivity index (χ3v) is 11.0. The first-order valence-corrected chi connectivity index (χ1v) is 16.5. The van der Waals surface area contributed by atoms with Crippen LogP contribution in [0.4, 0.5) is 0 Å². The molecule has 0 fully saturated rings. The van der Waals surface area contributed by atoms with Crippen molar-refractivity contribution in [3.05, 3.63) is 104 Å². The van der Waals surface area contributed by atoms with Crippen molar-refractivity contribution in [3.8, 4) is 43.8 Å². The quantitative estimate of drug-likeness (QED) is 0.160. The third-order valence-electron chi connectivity index (χ3n) is 7.24. The van der Waals surface area contributed by atoms with E-state index < -0.39 is 0 Å². The average molecular weight is 663 g/mol. The summed E-state index contributed by atoms with van der Waals surface area (Å²) >= 11 is 4.86. The van der Waals surface area contributed by atoms with Crippen LogP contribution in [0.5, 0.6) is 0 Å². The minimum absolute atomic E-state index is 0.213. The van der Waals surface area contributed by atoms with Gasteiger partial charge in [-0.25, -0.2) is 9.97 Å². The maximum atomic E-state index is 9.90. The van der Waals surface area contributed by atoms with Crippen LogP contribution in [0.3, 0.4) is 0 Å². The lowest BCUT2D eigenvalue weighted by Gasteiger charge is -1.95. The molecule has 0 N–H and O–H groups in total. The van der Waals surface area contributed by atoms with Crippen LogP contribution in [0.15, 0.2) is 69.5 Å². The molecular weight excluding hydrogens is 645 g/mol. The second kappa shape index (κ2) is 12.0. The van der Waals surface area contributed by atoms with Crippen LogP contribution in [-0.2, 0) is 0 Å². The molecule has 0 radical (unpaired) electrons. The van der Waals surface area contributed by atoms with Gasteiger partial charge in [-0.1, -0.05) is 0 Å². The predicted octanol–water partition coefficient (Wildman–Crippen LogP) is 9.98. The molecule has 0 bridgehead atoms. The first-order valence-electron chi connectivity index (χ1n) is 14.0. The van der Waals surface area contributed by atoms with Gasteiger partial charge in [-0.15, -0.1) is 34.0 Å². The van der Waals surface area contributed by atoms with E-state index in [0.29, 0.717) is 44.5 Å². The van der Waals surface area contributed by atoms with E-state index in [1.807, 2.05) is 26.0 Å². The fraction of sp³-hybridized carbons (Fsp3) is 0.0556. The highest BCUT2D eigenvalue weighted by Crippen LogP contribution is 2.44. The number of aryl methyl sites for hydroxylation is 2. The smallest absolute Gasteiger partial charge is 0.238 e. The molecule has 8 nitrogen and oxygen atoms in total. The van der Waals surface area contributed by atoms with E-state index >= 15 is 0 Å². The number of hydrogen-bond donors (Lipinski definition) is 0. The normalized spacial score (nSPS) is 11.8. The Hall–Kier alpha value is -6.08. The maximum absolute atomic E-state index is 9.90. The molecule has 0 unspecified atom stereocenters. The van der Waals surface area contributed by atoms with Gasteiger partial charge in [-0.3, -0.25) is 0 Å². The van der Waals surface area contributed by atoms with Gasteiger partial charge >= 0.3 is 0 Å². The number of aromatic nitrogens is 2. The van der Waals surface area contributed by atoms with Crippen molar-refractivity contribution in [1.82, 2.24) is 9.97 Å². The van der Waals surface area contributed by atoms with Crippen molar-refractivity contribution >= 4 is 79.5 Å². The zero-order valence-corrected chi connectivity index (χ0v) is 27.1. The number of rotatable bonds is 6. The minimum atomic E-state index is 0.213. The summed E-state index contributed by atoms with van der Waals surface area (Å²) in [5, 5.41) is 38.2. The fourth-order valence-electron chi connectivity index (χ4n) is 5.02. The van der Waals surface area contributed by atoms with Crippen molar-refractivity contribution in [2.45, 2.75) is 13.8 Å². The van der Waals surface area contributed by atoms with Crippen molar-refractivity contribution < 1.29 is 8.83 Å². The summed E-state index contributed by atoms with van der Waals surface area (Å²) in [5.74, 6) is 0.427. The third kappa shape index (κ3) is 5.64. The van der Waals surface area contributed by atoms with Crippen LogP contribution in [0.25, 0.3) is 65.0 Å². The molecule has 7 rings (SSSR count). The summed E-state index contributed by atoms with van der Waals surface area (Å²) in [5.41, 5.74) is 5.83. The molecule has 11 heteroatoms. The summed E-state index contributed by atoms with van der Waals surface area (Å²) in [4.78, 5) is 15.1. The van der Waals surface area contributed by atoms with E-state index in [4.69, 9.17) is 8.83 Å². The van der Waals surface area contributed by atoms with Gasteiger partial charge in [0.2, 0.25) is 11.8 Å². The second-order valence-corrected chi connectivity index (χ2v) is 13.7. The predicted molar refractivity (Wildman–Crippen MR) is 185 cm³/mol. The van der Waals surface area contributed by atoms with Gasteiger partial charge < -0.3 is 8.83 Å². The number of nitriles is 4. The monoisotopic (exact) mass is 662 g/mol. The van der Waals surface area contributed by atoms with Crippen LogP contribution in [0.1, 0.15) is 43.8 Å². The van der Waals surface area contributed by atoms with Gasteiger partial charge in [0, 0.05) is 29.3 Å². The number of fused-ring (bicyclic) bond motifs is 2. The molecule has 0 aliphatic rings. The van der Waals surface area contributed by atoms with Crippen molar-refractivity contribution in [2.24, 2.45) is 0 Å². The first-order chi connectivity index (χ1) is 22.8. The number of benzene rings is 2. The Kier molecular flexibility index (Phi) is 7.58. The molecule has 2 aromatic carbocycles. The van der Waals surface area contributed by atoms with E-state index in [0.717, 1.165) is 40.4 Å². The molecular formula is C36H18N6O2S3. The highest BCUT2D eigenvalue weighted by Gasteiger charge is 2.17. The molecule has 0 aliphatic heterocycles. The summed E-state index contributed by atoms with van der Waals surface area (Å²) in [6, 6.07) is 26.8. The Balaban J connectivity index is 1.15. The molecule has 47 heavy (non-hydrogen) atoms. The molecule has 222 valence electrons. The number of oxazole rings is 2. The fourth-order valence-corrected chi connectivity index (χ4v) is 8.61. The summed E-state index contributed by atoms with van der Waals surface area (Å²) in [6.07, 6.45) is 3.55. The zero-order chi connectivity index (χ0) is 32.7. The molecule has 5 heterocycles. The van der Waals surface area contributed by atoms with Gasteiger partial charge in [-0.05, 0) is 97.8 Å². The molecule has 5 aromatic heterocycles. The average Bonchev–Trinajstić information content (AvgIpc) is 3.91. The SMILES string of the molecule is Cc1cc(/C=C(\C#N)c2nc3cc(C#N)ccc3o2)sc1-c1ccc(-c2sc(/C=C(\C#N)c3nc4cc(C#N)ccc4o3)cc2C)s1. The van der Waals surface area contributed by atoms with E-state index in [9.17, 15) is 21.0 Å². The summed E-state index contributed by atoms with van der Waals surface area (Å²) in [6.45, 7) is 4.10. The lowest BCUT2D eigenvalue weighted by atomic mass is 10.2. The molecule has 0 aliphatic carbocycles. The maximum Gasteiger partial charge on any atom is 0.238 e. The largest absolute Gasteiger partial charge is 0.435 e. The van der Waals surface area contributed by atoms with Crippen molar-refractivity contribution in [2.75, 3.05) is 0 Å². The van der Waals surface area contributed by atoms with Gasteiger partial charge in [0.1, 0.15) is 34.3 Å². The topological polar surface area (TPSA) is 147 Å². The van der Waals surface area contributed by atoms with Crippen molar-refractivity contribution in [3.63, 3.8) is 0 Å². The van der Waals surface area contributed by atoms with Crippen LogP contribution in [0, 0.1) is 59.2 Å². The number of nitrogens with zero attached hydrogens (tertiary/aromatic N) is 6. The molecule has 0 spiro atoms. The summed E-state index contributed by atoms with van der Waals surface area (Å²) in [7, 11) is 0. The van der Waals surface area contributed by atoms with Crippen LogP contribution >= 0.6 is 34.0 Å². The molecule has 0 saturated heterocycles. The van der Waals surface area contributed by atoms with Gasteiger partial charge in [-0.2, -0.15) is 21.0 Å². The van der Waals surface area contributed by atoms with Crippen molar-refractivity contribution in [1.29, 1.82) is 21.0 Å². The lowest BCUT2D eigenvalue weighted by Crippen LogP contribution is -1.80. The standard InChI is InChI=1S/C36H18N6O2S3/c1-19-9-25(13-23(17-39)35-41-27-11-21(15-37)3-5-29(27)43-35)45-33(19)31-7-8-32(47-31)34-20(2)10-26(46-34)14-24(18-40)36-42-28-12-22(16-38)4-6-30(28)44-36/h3-14H,1-2H3/b23-13+,24-14+. The minimum Gasteiger partial charge on any atom is -0.435 e. The van der Waals surface area contributed by atoms with E-state index in [2.05, 4.69) is 46.4 Å². The van der Waals surface area contributed by atoms with E-state index in [1.54, 1.807) is 82.6 Å². The van der Waals surface area contributed by atoms with Crippen LogP contribution in [-0.4, -0.2) is 9.97 Å². The molecule has 7 aromatic rings. The Morgan fingerprint density at radius 1 is 0.617 bits per heavy atom. The van der Waals surface area contributed by atoms with Gasteiger partial charge in [0.15, 0.2) is 11.2 Å². The van der Waals surface area contributed by atoms with Gasteiger partial charge in [0.25, 0.3) is 0 Å². The van der Waals surface area contributed by atoms with Crippen LogP contribution < -0.4 is 0 Å². The highest BCUT2D eigenvalue weighted by atomic mass is 32.1. The number of thiophene rings is 3. The molecule has 0 saturated carbocycles. The second-order valence-electron chi connectivity index (χ2n) is 10.5. The van der Waals surface area contributed by atoms with E-state index in [1.165, 1.54) is 0 Å².